The first-order valence-corrected chi connectivity index (χ1v) is 16.3. The summed E-state index contributed by atoms with van der Waals surface area (Å²) in [6, 6.07) is 0. The number of carbonyl (C=O) groups is 1. The molecule has 0 spiro atoms. The molecule has 3 nitrogen and oxygen atoms in total. The van der Waals surface area contributed by atoms with E-state index >= 15 is 0 Å². The average Bonchev–Trinajstić information content (AvgIpc) is 2.81. The second-order valence-electron chi connectivity index (χ2n) is 5.77. The van der Waals surface area contributed by atoms with Crippen LogP contribution in [0.3, 0.4) is 0 Å². The van der Waals surface area contributed by atoms with E-state index in [1.54, 1.807) is 0 Å². The minimum absolute atomic E-state index is 0.105. The van der Waals surface area contributed by atoms with Gasteiger partial charge >= 0.3 is 96.7 Å². The number of nitrogens with zero attached hydrogens (tertiary/aromatic N) is 1. The van der Waals surface area contributed by atoms with Crippen LogP contribution < -0.4 is 5.43 Å². The van der Waals surface area contributed by atoms with Crippen LogP contribution in [0.1, 0.15) is 26.2 Å². The third-order valence-corrected chi connectivity index (χ3v) is 6.29. The Bertz CT molecular complexity index is 264. The summed E-state index contributed by atoms with van der Waals surface area (Å²) in [7, 11) is 0. The van der Waals surface area contributed by atoms with Crippen molar-refractivity contribution in [1.82, 2.24) is 5.43 Å². The molecule has 15 heavy (non-hydrogen) atoms. The van der Waals surface area contributed by atoms with Crippen molar-refractivity contribution in [3.63, 3.8) is 0 Å². The molecule has 1 saturated carbocycles. The molecule has 0 heterocycles. The van der Waals surface area contributed by atoms with Gasteiger partial charge in [-0.1, -0.05) is 0 Å². The summed E-state index contributed by atoms with van der Waals surface area (Å²) in [5, 5.41) is 4.14. The quantitative estimate of drug-likeness (QED) is 0.473. The van der Waals surface area contributed by atoms with Crippen molar-refractivity contribution >= 4 is 30.0 Å². The van der Waals surface area contributed by atoms with Crippen LogP contribution in [0, 0.1) is 5.92 Å². The Morgan fingerprint density at radius 2 is 2.00 bits per heavy atom. The van der Waals surface area contributed by atoms with Crippen LogP contribution in [0.5, 0.6) is 0 Å². The summed E-state index contributed by atoms with van der Waals surface area (Å²) < 4.78 is 0.731. The molecule has 0 atom stereocenters. The zero-order valence-electron chi connectivity index (χ0n) is 10.3. The Balaban J connectivity index is 2.25. The molecule has 1 aliphatic rings. The summed E-state index contributed by atoms with van der Waals surface area (Å²) in [5.74, 6) is 0.945. The van der Waals surface area contributed by atoms with Gasteiger partial charge < -0.3 is 0 Å². The Labute approximate surface area is 96.6 Å². The van der Waals surface area contributed by atoms with Gasteiger partial charge in [0.05, 0.1) is 0 Å². The number of carbonyl (C=O) groups excluding carboxylic acids is 1. The third kappa shape index (κ3) is 6.92. The summed E-state index contributed by atoms with van der Waals surface area (Å²) in [4.78, 5) is 18.3. The van der Waals surface area contributed by atoms with Crippen LogP contribution >= 0.6 is 0 Å². The molecule has 1 N–H and O–H groups in total. The van der Waals surface area contributed by atoms with E-state index < -0.39 is 18.4 Å². The van der Waals surface area contributed by atoms with Gasteiger partial charge in [-0.2, -0.15) is 0 Å². The van der Waals surface area contributed by atoms with Crippen molar-refractivity contribution in [3.8, 4) is 0 Å². The molecule has 0 radical (unpaired) electrons. The molecule has 0 aromatic carbocycles. The molecule has 4 heteroatoms. The van der Waals surface area contributed by atoms with Crippen molar-refractivity contribution in [2.24, 2.45) is 11.0 Å². The van der Waals surface area contributed by atoms with E-state index in [-0.39, 0.29) is 5.91 Å². The fourth-order valence-corrected chi connectivity index (χ4v) is 4.44. The summed E-state index contributed by atoms with van der Waals surface area (Å²) in [6.07, 6.45) is 3.72. The normalized spacial score (nSPS) is 17.7. The predicted octanol–water partition coefficient (Wildman–Crippen LogP) is 2.62. The van der Waals surface area contributed by atoms with Gasteiger partial charge in [-0.25, -0.2) is 0 Å². The average molecular weight is 317 g/mol. The number of nitrogens with one attached hydrogen (secondary N) is 1. The first-order valence-electron chi connectivity index (χ1n) is 5.69. The monoisotopic (exact) mass is 318 g/mol. The Morgan fingerprint density at radius 1 is 1.40 bits per heavy atom. The fourth-order valence-electron chi connectivity index (χ4n) is 1.46. The van der Waals surface area contributed by atoms with Gasteiger partial charge in [0.2, 0.25) is 0 Å². The van der Waals surface area contributed by atoms with E-state index in [0.29, 0.717) is 0 Å². The van der Waals surface area contributed by atoms with Gasteiger partial charge in [-0.3, -0.25) is 0 Å². The van der Waals surface area contributed by atoms with Gasteiger partial charge in [0.25, 0.3) is 0 Å². The Hall–Kier alpha value is -0.0613. The number of hydrazone groups is 1. The van der Waals surface area contributed by atoms with Gasteiger partial charge in [-0.15, -0.1) is 0 Å². The van der Waals surface area contributed by atoms with Crippen molar-refractivity contribution in [2.75, 3.05) is 0 Å². The molecule has 86 valence electrons. The van der Waals surface area contributed by atoms with E-state index in [9.17, 15) is 4.79 Å². The van der Waals surface area contributed by atoms with Crippen LogP contribution in [-0.4, -0.2) is 30.0 Å². The predicted molar refractivity (Wildman–Crippen MR) is 66.7 cm³/mol. The summed E-state index contributed by atoms with van der Waals surface area (Å²) in [6.45, 7) is 2.00. The second kappa shape index (κ2) is 5.32. The molecule has 0 aliphatic heterocycles. The molecule has 0 aromatic heterocycles. The molecule has 1 amide bonds. The maximum absolute atomic E-state index is 11.5. The first-order chi connectivity index (χ1) is 6.87. The van der Waals surface area contributed by atoms with Gasteiger partial charge in [0.1, 0.15) is 0 Å². The first kappa shape index (κ1) is 13.0. The molecular weight excluding hydrogens is 295 g/mol. The van der Waals surface area contributed by atoms with Gasteiger partial charge in [-0.05, 0) is 0 Å². The molecule has 1 fully saturated rings. The van der Waals surface area contributed by atoms with E-state index in [1.807, 2.05) is 6.92 Å². The zero-order valence-corrected chi connectivity index (χ0v) is 13.1. The van der Waals surface area contributed by atoms with E-state index in [1.165, 1.54) is 12.8 Å². The van der Waals surface area contributed by atoms with E-state index in [2.05, 4.69) is 25.3 Å². The molecule has 0 saturated heterocycles. The standard InChI is InChI=1S/C8H13N2O.3CH3.Sn/c1-6(5-8-3-4-8)9-10-7(2)11;;;;/h8H,2-5H2,1H3,(H,10,11);3*1H3;. The minimum atomic E-state index is -1.97. The maximum atomic E-state index is 11.5. The van der Waals surface area contributed by atoms with Crippen LogP contribution in [0.25, 0.3) is 0 Å². The molecule has 1 rings (SSSR count). The van der Waals surface area contributed by atoms with Crippen LogP contribution in [0.15, 0.2) is 5.10 Å². The molecule has 1 aliphatic carbocycles. The summed E-state index contributed by atoms with van der Waals surface area (Å²) >= 11 is -1.97. The van der Waals surface area contributed by atoms with E-state index in [4.69, 9.17) is 0 Å². The number of rotatable bonds is 5. The van der Waals surface area contributed by atoms with Crippen molar-refractivity contribution < 1.29 is 4.79 Å². The van der Waals surface area contributed by atoms with Gasteiger partial charge in [0.15, 0.2) is 0 Å². The van der Waals surface area contributed by atoms with Crippen molar-refractivity contribution in [2.45, 2.75) is 45.4 Å². The van der Waals surface area contributed by atoms with Gasteiger partial charge in [0, 0.05) is 0 Å². The molecule has 0 unspecified atom stereocenters. The molecule has 0 aromatic rings. The summed E-state index contributed by atoms with van der Waals surface area (Å²) in [5.41, 5.74) is 3.74. The van der Waals surface area contributed by atoms with Crippen LogP contribution in [0.2, 0.25) is 19.3 Å². The fraction of sp³-hybridized carbons (Fsp3) is 0.818. The van der Waals surface area contributed by atoms with Crippen molar-refractivity contribution in [3.05, 3.63) is 0 Å². The SMILES string of the molecule is CC(CC1CC1)=NNC(=O)[CH2][Sn]([CH3])([CH3])[CH3]. The van der Waals surface area contributed by atoms with Crippen molar-refractivity contribution in [1.29, 1.82) is 0 Å². The number of hydrogen-bond acceptors (Lipinski definition) is 2. The Kier molecular flexibility index (Phi) is 4.61. The molecule has 0 bridgehead atoms. The van der Waals surface area contributed by atoms with E-state index in [0.717, 1.165) is 22.5 Å². The topological polar surface area (TPSA) is 41.5 Å². The second-order valence-corrected chi connectivity index (χ2v) is 21.4. The van der Waals surface area contributed by atoms with Crippen LogP contribution in [0.4, 0.5) is 0 Å². The number of hydrogen-bond donors (Lipinski definition) is 1. The number of amides is 1. The molecular formula is C11H22N2OSn. The third-order valence-electron chi connectivity index (χ3n) is 2.34. The zero-order chi connectivity index (χ0) is 11.5. The van der Waals surface area contributed by atoms with Crippen LogP contribution in [-0.2, 0) is 4.79 Å². The Morgan fingerprint density at radius 3 is 2.47 bits per heavy atom.